The predicted octanol–water partition coefficient (Wildman–Crippen LogP) is 5.73. The molecular formula is C16H10BrClF3NO. The highest BCUT2D eigenvalue weighted by molar-refractivity contribution is 9.12. The van der Waals surface area contributed by atoms with Crippen LogP contribution in [-0.4, -0.2) is 5.91 Å². The molecule has 120 valence electrons. The van der Waals surface area contributed by atoms with Crippen molar-refractivity contribution in [3.05, 3.63) is 69.2 Å². The van der Waals surface area contributed by atoms with Crippen molar-refractivity contribution in [2.45, 2.75) is 6.18 Å². The summed E-state index contributed by atoms with van der Waals surface area (Å²) in [5, 5.41) is 2.38. The first-order chi connectivity index (χ1) is 10.8. The molecule has 0 fully saturated rings. The highest BCUT2D eigenvalue weighted by Gasteiger charge is 2.31. The fourth-order valence-electron chi connectivity index (χ4n) is 1.74. The molecule has 0 aliphatic heterocycles. The van der Waals surface area contributed by atoms with E-state index in [4.69, 9.17) is 11.6 Å². The lowest BCUT2D eigenvalue weighted by Gasteiger charge is -2.11. The Bertz CT molecular complexity index is 745. The van der Waals surface area contributed by atoms with Crippen LogP contribution >= 0.6 is 27.5 Å². The first-order valence-corrected chi connectivity index (χ1v) is 7.55. The normalized spacial score (nSPS) is 12.1. The first-order valence-electron chi connectivity index (χ1n) is 6.38. The summed E-state index contributed by atoms with van der Waals surface area (Å²) in [6.07, 6.45) is -2.96. The SMILES string of the molecule is O=C(Nc1cc(C(F)(F)F)ccc1Cl)/C(Br)=C/c1ccccc1. The van der Waals surface area contributed by atoms with E-state index in [9.17, 15) is 18.0 Å². The summed E-state index contributed by atoms with van der Waals surface area (Å²) in [7, 11) is 0. The van der Waals surface area contributed by atoms with Gasteiger partial charge in [0.05, 0.1) is 20.8 Å². The summed E-state index contributed by atoms with van der Waals surface area (Å²) >= 11 is 8.94. The number of carbonyl (C=O) groups excluding carboxylic acids is 1. The Kier molecular flexibility index (Phi) is 5.49. The molecule has 2 rings (SSSR count). The van der Waals surface area contributed by atoms with E-state index in [1.54, 1.807) is 30.3 Å². The van der Waals surface area contributed by atoms with Crippen molar-refractivity contribution in [2.75, 3.05) is 5.32 Å². The molecule has 2 aromatic rings. The molecule has 0 aliphatic rings. The van der Waals surface area contributed by atoms with Crippen molar-refractivity contribution in [3.63, 3.8) is 0 Å². The number of amides is 1. The summed E-state index contributed by atoms with van der Waals surface area (Å²) in [5.74, 6) is -0.602. The van der Waals surface area contributed by atoms with Crippen LogP contribution in [0.2, 0.25) is 5.02 Å². The molecule has 2 aromatic carbocycles. The highest BCUT2D eigenvalue weighted by Crippen LogP contribution is 2.34. The third-order valence-corrected chi connectivity index (χ3v) is 3.77. The molecule has 0 bridgehead atoms. The molecule has 0 heterocycles. The topological polar surface area (TPSA) is 29.1 Å². The minimum absolute atomic E-state index is 0.0198. The van der Waals surface area contributed by atoms with Crippen molar-refractivity contribution < 1.29 is 18.0 Å². The van der Waals surface area contributed by atoms with Gasteiger partial charge >= 0.3 is 6.18 Å². The third-order valence-electron chi connectivity index (χ3n) is 2.85. The standard InChI is InChI=1S/C16H10BrClF3NO/c17-12(8-10-4-2-1-3-5-10)15(23)22-14-9-11(16(19,20)21)6-7-13(14)18/h1-9H,(H,22,23)/b12-8-. The first kappa shape index (κ1) is 17.6. The van der Waals surface area contributed by atoms with E-state index < -0.39 is 17.6 Å². The second kappa shape index (κ2) is 7.19. The van der Waals surface area contributed by atoms with Gasteiger partial charge in [-0.15, -0.1) is 0 Å². The van der Waals surface area contributed by atoms with Crippen molar-refractivity contribution in [2.24, 2.45) is 0 Å². The summed E-state index contributed by atoms with van der Waals surface area (Å²) in [6.45, 7) is 0. The molecule has 0 aromatic heterocycles. The van der Waals surface area contributed by atoms with Crippen LogP contribution in [0.5, 0.6) is 0 Å². The average Bonchev–Trinajstić information content (AvgIpc) is 2.49. The monoisotopic (exact) mass is 403 g/mol. The minimum Gasteiger partial charge on any atom is -0.320 e. The fourth-order valence-corrected chi connectivity index (χ4v) is 2.27. The van der Waals surface area contributed by atoms with Gasteiger partial charge in [0.1, 0.15) is 0 Å². The molecule has 0 radical (unpaired) electrons. The molecule has 1 amide bonds. The number of nitrogens with one attached hydrogen (secondary N) is 1. The van der Waals surface area contributed by atoms with Gasteiger partial charge in [0.15, 0.2) is 0 Å². The molecule has 0 spiro atoms. The van der Waals surface area contributed by atoms with Crippen LogP contribution in [-0.2, 0) is 11.0 Å². The molecule has 0 aliphatic carbocycles. The number of halogens is 5. The third kappa shape index (κ3) is 4.84. The second-order valence-corrected chi connectivity index (χ2v) is 5.81. The number of hydrogen-bond acceptors (Lipinski definition) is 1. The minimum atomic E-state index is -4.51. The maximum absolute atomic E-state index is 12.7. The van der Waals surface area contributed by atoms with Crippen LogP contribution in [0.4, 0.5) is 18.9 Å². The van der Waals surface area contributed by atoms with Crippen LogP contribution < -0.4 is 5.32 Å². The Morgan fingerprint density at radius 3 is 2.39 bits per heavy atom. The maximum atomic E-state index is 12.7. The fraction of sp³-hybridized carbons (Fsp3) is 0.0625. The predicted molar refractivity (Wildman–Crippen MR) is 88.4 cm³/mol. The lowest BCUT2D eigenvalue weighted by atomic mass is 10.2. The van der Waals surface area contributed by atoms with Gasteiger partial charge in [0, 0.05) is 0 Å². The number of hydrogen-bond donors (Lipinski definition) is 1. The van der Waals surface area contributed by atoms with Crippen molar-refractivity contribution in [3.8, 4) is 0 Å². The molecule has 0 saturated carbocycles. The smallest absolute Gasteiger partial charge is 0.320 e. The molecule has 7 heteroatoms. The number of alkyl halides is 3. The summed E-state index contributed by atoms with van der Waals surface area (Å²) in [5.41, 5.74) is -0.227. The van der Waals surface area contributed by atoms with Gasteiger partial charge in [0.25, 0.3) is 5.91 Å². The molecule has 0 atom stereocenters. The van der Waals surface area contributed by atoms with E-state index in [1.165, 1.54) is 0 Å². The quantitative estimate of drug-likeness (QED) is 0.650. The number of anilines is 1. The summed E-state index contributed by atoms with van der Waals surface area (Å²) in [6, 6.07) is 11.7. The van der Waals surface area contributed by atoms with Crippen molar-refractivity contribution in [1.82, 2.24) is 0 Å². The Morgan fingerprint density at radius 2 is 1.78 bits per heavy atom. The van der Waals surface area contributed by atoms with E-state index in [-0.39, 0.29) is 15.2 Å². The molecule has 23 heavy (non-hydrogen) atoms. The van der Waals surface area contributed by atoms with Crippen LogP contribution in [0.1, 0.15) is 11.1 Å². The Hall–Kier alpha value is -1.79. The van der Waals surface area contributed by atoms with Crippen molar-refractivity contribution in [1.29, 1.82) is 0 Å². The maximum Gasteiger partial charge on any atom is 0.416 e. The van der Waals surface area contributed by atoms with Gasteiger partial charge in [-0.1, -0.05) is 41.9 Å². The number of benzene rings is 2. The average molecular weight is 405 g/mol. The van der Waals surface area contributed by atoms with E-state index in [0.717, 1.165) is 23.8 Å². The summed E-state index contributed by atoms with van der Waals surface area (Å²) in [4.78, 5) is 12.1. The van der Waals surface area contributed by atoms with Gasteiger partial charge in [-0.05, 0) is 45.8 Å². The number of rotatable bonds is 3. The van der Waals surface area contributed by atoms with Crippen LogP contribution in [0.15, 0.2) is 53.0 Å². The molecule has 0 unspecified atom stereocenters. The number of carbonyl (C=O) groups is 1. The summed E-state index contributed by atoms with van der Waals surface area (Å²) < 4.78 is 38.3. The van der Waals surface area contributed by atoms with E-state index in [1.807, 2.05) is 6.07 Å². The van der Waals surface area contributed by atoms with Gasteiger partial charge in [-0.2, -0.15) is 13.2 Å². The zero-order valence-corrected chi connectivity index (χ0v) is 13.8. The van der Waals surface area contributed by atoms with Gasteiger partial charge in [-0.3, -0.25) is 4.79 Å². The zero-order chi connectivity index (χ0) is 17.0. The van der Waals surface area contributed by atoms with E-state index in [2.05, 4.69) is 21.2 Å². The zero-order valence-electron chi connectivity index (χ0n) is 11.5. The van der Waals surface area contributed by atoms with Crippen LogP contribution in [0.3, 0.4) is 0 Å². The van der Waals surface area contributed by atoms with Gasteiger partial charge in [0.2, 0.25) is 0 Å². The highest BCUT2D eigenvalue weighted by atomic mass is 79.9. The van der Waals surface area contributed by atoms with Crippen molar-refractivity contribution >= 4 is 45.2 Å². The molecular weight excluding hydrogens is 395 g/mol. The van der Waals surface area contributed by atoms with E-state index in [0.29, 0.717) is 0 Å². The second-order valence-electron chi connectivity index (χ2n) is 4.55. The largest absolute Gasteiger partial charge is 0.416 e. The Balaban J connectivity index is 2.22. The van der Waals surface area contributed by atoms with Gasteiger partial charge < -0.3 is 5.32 Å². The van der Waals surface area contributed by atoms with Gasteiger partial charge in [-0.25, -0.2) is 0 Å². The Morgan fingerprint density at radius 1 is 1.13 bits per heavy atom. The van der Waals surface area contributed by atoms with Crippen LogP contribution in [0.25, 0.3) is 6.08 Å². The molecule has 1 N–H and O–H groups in total. The Labute approximate surface area is 144 Å². The lowest BCUT2D eigenvalue weighted by Crippen LogP contribution is -2.13. The molecule has 0 saturated heterocycles. The van der Waals surface area contributed by atoms with Crippen LogP contribution in [0, 0.1) is 0 Å². The molecule has 2 nitrogen and oxygen atoms in total. The van der Waals surface area contributed by atoms with E-state index >= 15 is 0 Å². The lowest BCUT2D eigenvalue weighted by molar-refractivity contribution is -0.137.